The van der Waals surface area contributed by atoms with Crippen molar-refractivity contribution in [2.45, 2.75) is 20.8 Å². The van der Waals surface area contributed by atoms with Crippen molar-refractivity contribution in [3.05, 3.63) is 35.3 Å². The van der Waals surface area contributed by atoms with E-state index < -0.39 is 0 Å². The Morgan fingerprint density at radius 2 is 1.78 bits per heavy atom. The number of hydrogen-bond acceptors (Lipinski definition) is 4. The molecule has 0 fully saturated rings. The molecule has 1 N–H and O–H groups in total. The second kappa shape index (κ2) is 3.87. The minimum absolute atomic E-state index is 0.618. The number of pyridine rings is 1. The van der Waals surface area contributed by atoms with Crippen molar-refractivity contribution in [1.82, 2.24) is 25.1 Å². The lowest BCUT2D eigenvalue weighted by Gasteiger charge is -2.06. The molecule has 0 aliphatic heterocycles. The number of aryl methyl sites for hydroxylation is 3. The summed E-state index contributed by atoms with van der Waals surface area (Å²) in [7, 11) is 0. The van der Waals surface area contributed by atoms with Crippen LogP contribution in [0.3, 0.4) is 0 Å². The predicted molar refractivity (Wildman–Crippen MR) is 69.1 cm³/mol. The zero-order valence-corrected chi connectivity index (χ0v) is 10.5. The second-order valence-electron chi connectivity index (χ2n) is 4.38. The van der Waals surface area contributed by atoms with Gasteiger partial charge in [-0.25, -0.2) is 9.97 Å². The maximum atomic E-state index is 4.63. The highest BCUT2D eigenvalue weighted by atomic mass is 15.2. The van der Waals surface area contributed by atoms with Crippen molar-refractivity contribution in [1.29, 1.82) is 0 Å². The number of hydrogen-bond donors (Lipinski definition) is 1. The van der Waals surface area contributed by atoms with Gasteiger partial charge in [0.1, 0.15) is 11.2 Å². The fourth-order valence-electron chi connectivity index (χ4n) is 2.01. The molecule has 90 valence electrons. The molecule has 18 heavy (non-hydrogen) atoms. The Morgan fingerprint density at radius 1 is 1.00 bits per heavy atom. The van der Waals surface area contributed by atoms with Gasteiger partial charge < -0.3 is 0 Å². The van der Waals surface area contributed by atoms with E-state index in [1.54, 1.807) is 12.4 Å². The van der Waals surface area contributed by atoms with Gasteiger partial charge in [-0.2, -0.15) is 5.10 Å². The summed E-state index contributed by atoms with van der Waals surface area (Å²) in [6, 6.07) is 2.13. The summed E-state index contributed by atoms with van der Waals surface area (Å²) < 4.78 is 0. The van der Waals surface area contributed by atoms with Crippen LogP contribution in [0, 0.1) is 20.8 Å². The molecular formula is C13H13N5. The quantitative estimate of drug-likeness (QED) is 0.707. The summed E-state index contributed by atoms with van der Waals surface area (Å²) in [5, 5.41) is 7.13. The zero-order chi connectivity index (χ0) is 12.7. The van der Waals surface area contributed by atoms with Gasteiger partial charge in [-0.3, -0.25) is 10.1 Å². The molecule has 5 nitrogen and oxygen atoms in total. The van der Waals surface area contributed by atoms with Crippen molar-refractivity contribution in [2.75, 3.05) is 0 Å². The van der Waals surface area contributed by atoms with Crippen molar-refractivity contribution in [2.24, 2.45) is 0 Å². The normalized spacial score (nSPS) is 11.1. The first-order valence-electron chi connectivity index (χ1n) is 5.77. The number of aromatic nitrogens is 5. The maximum absolute atomic E-state index is 4.63. The molecule has 0 unspecified atom stereocenters. The van der Waals surface area contributed by atoms with Gasteiger partial charge in [-0.05, 0) is 31.9 Å². The zero-order valence-electron chi connectivity index (χ0n) is 10.5. The Bertz CT molecular complexity index is 729. The molecule has 5 heteroatoms. The van der Waals surface area contributed by atoms with Crippen molar-refractivity contribution in [3.8, 4) is 11.4 Å². The topological polar surface area (TPSA) is 67.3 Å². The Morgan fingerprint density at radius 3 is 2.61 bits per heavy atom. The number of fused-ring (bicyclic) bond motifs is 1. The molecule has 0 atom stereocenters. The van der Waals surface area contributed by atoms with Gasteiger partial charge in [-0.1, -0.05) is 6.07 Å². The highest BCUT2D eigenvalue weighted by Crippen LogP contribution is 2.25. The molecule has 0 aliphatic rings. The lowest BCUT2D eigenvalue weighted by Crippen LogP contribution is -1.95. The van der Waals surface area contributed by atoms with Crippen LogP contribution in [-0.4, -0.2) is 25.1 Å². The van der Waals surface area contributed by atoms with E-state index >= 15 is 0 Å². The molecule has 0 bridgehead atoms. The van der Waals surface area contributed by atoms with Crippen LogP contribution in [0.5, 0.6) is 0 Å². The summed E-state index contributed by atoms with van der Waals surface area (Å²) in [6.45, 7) is 6.10. The van der Waals surface area contributed by atoms with Gasteiger partial charge >= 0.3 is 0 Å². The monoisotopic (exact) mass is 239 g/mol. The van der Waals surface area contributed by atoms with E-state index in [9.17, 15) is 0 Å². The van der Waals surface area contributed by atoms with Gasteiger partial charge in [-0.15, -0.1) is 0 Å². The average Bonchev–Trinajstić information content (AvgIpc) is 2.78. The maximum Gasteiger partial charge on any atom is 0.200 e. The van der Waals surface area contributed by atoms with E-state index in [2.05, 4.69) is 38.1 Å². The molecule has 0 aromatic carbocycles. The van der Waals surface area contributed by atoms with E-state index in [-0.39, 0.29) is 0 Å². The first-order valence-corrected chi connectivity index (χ1v) is 5.77. The average molecular weight is 239 g/mol. The van der Waals surface area contributed by atoms with Gasteiger partial charge in [0, 0.05) is 18.1 Å². The van der Waals surface area contributed by atoms with Crippen LogP contribution in [0.25, 0.3) is 22.6 Å². The van der Waals surface area contributed by atoms with Crippen LogP contribution in [0.4, 0.5) is 0 Å². The van der Waals surface area contributed by atoms with Crippen LogP contribution in [0.15, 0.2) is 18.5 Å². The number of rotatable bonds is 1. The smallest absolute Gasteiger partial charge is 0.200 e. The van der Waals surface area contributed by atoms with Gasteiger partial charge in [0.25, 0.3) is 0 Å². The third-order valence-corrected chi connectivity index (χ3v) is 3.08. The Labute approximate surface area is 104 Å². The van der Waals surface area contributed by atoms with E-state index in [4.69, 9.17) is 0 Å². The summed E-state index contributed by atoms with van der Waals surface area (Å²) in [5.41, 5.74) is 6.41. The standard InChI is InChI=1S/C13H13N5/c1-7-6-8(2)10(16-9(7)3)11-12-13(18-17-11)15-5-4-14-12/h4-6H,1-3H3,(H,15,17,18). The molecular weight excluding hydrogens is 226 g/mol. The number of H-pyrrole nitrogens is 1. The van der Waals surface area contributed by atoms with Gasteiger partial charge in [0.15, 0.2) is 5.65 Å². The molecule has 3 aromatic heterocycles. The molecule has 3 aromatic rings. The Balaban J connectivity index is 2.29. The summed E-state index contributed by atoms with van der Waals surface area (Å²) in [6.07, 6.45) is 3.30. The lowest BCUT2D eigenvalue weighted by molar-refractivity contribution is 1.07. The number of nitrogens with zero attached hydrogens (tertiary/aromatic N) is 4. The van der Waals surface area contributed by atoms with Crippen molar-refractivity contribution < 1.29 is 0 Å². The molecule has 0 spiro atoms. The van der Waals surface area contributed by atoms with Crippen LogP contribution in [0.1, 0.15) is 16.8 Å². The fraction of sp³-hybridized carbons (Fsp3) is 0.231. The predicted octanol–water partition coefficient (Wildman–Crippen LogP) is 2.34. The van der Waals surface area contributed by atoms with Gasteiger partial charge in [0.05, 0.1) is 5.69 Å². The molecule has 0 saturated heterocycles. The Kier molecular flexibility index (Phi) is 2.33. The Hall–Kier alpha value is -2.30. The molecule has 0 saturated carbocycles. The van der Waals surface area contributed by atoms with Gasteiger partial charge in [0.2, 0.25) is 0 Å². The first kappa shape index (κ1) is 10.8. The van der Waals surface area contributed by atoms with Crippen LogP contribution in [0.2, 0.25) is 0 Å². The lowest BCUT2D eigenvalue weighted by atomic mass is 10.1. The first-order chi connectivity index (χ1) is 8.66. The third kappa shape index (κ3) is 1.55. The van der Waals surface area contributed by atoms with Crippen LogP contribution in [-0.2, 0) is 0 Å². The molecule has 0 radical (unpaired) electrons. The minimum atomic E-state index is 0.618. The largest absolute Gasteiger partial charge is 0.272 e. The van der Waals surface area contributed by atoms with Crippen molar-refractivity contribution >= 4 is 11.2 Å². The van der Waals surface area contributed by atoms with E-state index in [1.807, 2.05) is 13.8 Å². The molecule has 0 aliphatic carbocycles. The number of nitrogens with one attached hydrogen (secondary N) is 1. The van der Waals surface area contributed by atoms with Crippen LogP contribution < -0.4 is 0 Å². The summed E-state index contributed by atoms with van der Waals surface area (Å²) in [4.78, 5) is 13.1. The molecule has 0 amide bonds. The van der Waals surface area contributed by atoms with E-state index in [1.165, 1.54) is 5.56 Å². The van der Waals surface area contributed by atoms with E-state index in [0.717, 1.165) is 28.2 Å². The summed E-state index contributed by atoms with van der Waals surface area (Å²) >= 11 is 0. The molecule has 3 heterocycles. The highest BCUT2D eigenvalue weighted by molar-refractivity contribution is 5.86. The molecule has 3 rings (SSSR count). The second-order valence-corrected chi connectivity index (χ2v) is 4.38. The fourth-order valence-corrected chi connectivity index (χ4v) is 2.01. The number of aromatic amines is 1. The summed E-state index contributed by atoms with van der Waals surface area (Å²) in [5.74, 6) is 0. The van der Waals surface area contributed by atoms with Crippen LogP contribution >= 0.6 is 0 Å². The minimum Gasteiger partial charge on any atom is -0.272 e. The van der Waals surface area contributed by atoms with Crippen molar-refractivity contribution in [3.63, 3.8) is 0 Å². The third-order valence-electron chi connectivity index (χ3n) is 3.08. The van der Waals surface area contributed by atoms with E-state index in [0.29, 0.717) is 5.65 Å². The highest BCUT2D eigenvalue weighted by Gasteiger charge is 2.13. The SMILES string of the molecule is Cc1cc(C)c(-c2[nH]nc3nccnc23)nc1C.